The molecule has 2 aromatic heterocycles. The van der Waals surface area contributed by atoms with Crippen molar-refractivity contribution in [2.45, 2.75) is 50.9 Å². The summed E-state index contributed by atoms with van der Waals surface area (Å²) < 4.78 is 39.5. The van der Waals surface area contributed by atoms with Crippen LogP contribution >= 0.6 is 0 Å². The summed E-state index contributed by atoms with van der Waals surface area (Å²) in [5.74, 6) is 2.45. The van der Waals surface area contributed by atoms with Crippen LogP contribution in [0.4, 0.5) is 0 Å². The van der Waals surface area contributed by atoms with Gasteiger partial charge in [0.25, 0.3) is 10.1 Å². The second-order valence-corrected chi connectivity index (χ2v) is 11.9. The van der Waals surface area contributed by atoms with Gasteiger partial charge in [0.1, 0.15) is 5.82 Å². The number of rotatable bonds is 6. The molecule has 0 saturated heterocycles. The number of fused-ring (bicyclic) bond motifs is 4. The Morgan fingerprint density at radius 3 is 2.46 bits per heavy atom. The average molecular weight is 496 g/mol. The Bertz CT molecular complexity index is 1370. The van der Waals surface area contributed by atoms with Gasteiger partial charge in [0, 0.05) is 16.7 Å². The van der Waals surface area contributed by atoms with Gasteiger partial charge in [-0.2, -0.15) is 8.42 Å². The van der Waals surface area contributed by atoms with Crippen LogP contribution in [-0.4, -0.2) is 43.0 Å². The highest BCUT2D eigenvalue weighted by atomic mass is 32.2. The lowest BCUT2D eigenvalue weighted by molar-refractivity contribution is 0.000608. The number of ether oxygens (including phenoxy) is 2. The van der Waals surface area contributed by atoms with Gasteiger partial charge in [-0.05, 0) is 81.2 Å². The molecule has 0 atom stereocenters. The first-order valence-electron chi connectivity index (χ1n) is 12.0. The van der Waals surface area contributed by atoms with Crippen LogP contribution < -0.4 is 9.47 Å². The fourth-order valence-corrected chi connectivity index (χ4v) is 6.28. The fraction of sp³-hybridized carbons (Fsp3) is 0.462. The number of hydrogen-bond donors (Lipinski definition) is 1. The molecule has 1 aliphatic heterocycles. The van der Waals surface area contributed by atoms with Gasteiger partial charge in [-0.3, -0.25) is 9.17 Å². The van der Waals surface area contributed by atoms with E-state index < -0.39 is 10.1 Å². The zero-order chi connectivity index (χ0) is 24.3. The van der Waals surface area contributed by atoms with Gasteiger partial charge >= 0.3 is 0 Å². The maximum Gasteiger partial charge on any atom is 0.264 e. The highest BCUT2D eigenvalue weighted by Gasteiger charge is 2.51. The molecule has 0 spiro atoms. The molecule has 35 heavy (non-hydrogen) atoms. The van der Waals surface area contributed by atoms with E-state index in [0.717, 1.165) is 90.4 Å². The maximum atomic E-state index is 11.6. The third kappa shape index (κ3) is 4.10. The minimum Gasteiger partial charge on any atom is -0.454 e. The third-order valence-corrected chi connectivity index (χ3v) is 8.52. The van der Waals surface area contributed by atoms with Crippen LogP contribution in [0.25, 0.3) is 22.6 Å². The Morgan fingerprint density at radius 2 is 1.74 bits per heavy atom. The van der Waals surface area contributed by atoms with E-state index in [1.165, 1.54) is 0 Å². The Balaban J connectivity index is 1.37. The SMILES string of the molecule is Cc1cccc(-c2[nH]c(C34CCC(COS(C)(=O)=O)(CC3)CC4)nc2-c2ccc3c(c2)OCO3)n1. The lowest BCUT2D eigenvalue weighted by Crippen LogP contribution is -2.47. The number of imidazole rings is 1. The van der Waals surface area contributed by atoms with Gasteiger partial charge in [-0.1, -0.05) is 6.07 Å². The molecule has 2 bridgehead atoms. The molecule has 4 aliphatic rings. The Morgan fingerprint density at radius 1 is 1.00 bits per heavy atom. The molecule has 3 aliphatic carbocycles. The van der Waals surface area contributed by atoms with E-state index in [4.69, 9.17) is 23.6 Å². The van der Waals surface area contributed by atoms with Crippen LogP contribution in [0.1, 0.15) is 50.0 Å². The topological polar surface area (TPSA) is 103 Å². The van der Waals surface area contributed by atoms with Crippen LogP contribution in [0.2, 0.25) is 0 Å². The van der Waals surface area contributed by atoms with Gasteiger partial charge in [0.05, 0.1) is 29.9 Å². The first-order valence-corrected chi connectivity index (χ1v) is 13.9. The van der Waals surface area contributed by atoms with E-state index in [1.54, 1.807) is 0 Å². The second kappa shape index (κ2) is 8.06. The third-order valence-electron chi connectivity index (χ3n) is 7.98. The monoisotopic (exact) mass is 495 g/mol. The normalized spacial score (nSPS) is 25.2. The van der Waals surface area contributed by atoms with E-state index >= 15 is 0 Å². The fourth-order valence-electron chi connectivity index (χ4n) is 5.81. The Hall–Kier alpha value is -2.91. The molecule has 3 heterocycles. The van der Waals surface area contributed by atoms with E-state index in [1.807, 2.05) is 43.3 Å². The molecule has 3 fully saturated rings. The minimum atomic E-state index is -3.44. The van der Waals surface area contributed by atoms with Crippen LogP contribution in [0.3, 0.4) is 0 Å². The average Bonchev–Trinajstić information content (AvgIpc) is 3.51. The van der Waals surface area contributed by atoms with Crippen molar-refractivity contribution < 1.29 is 22.1 Å². The zero-order valence-corrected chi connectivity index (χ0v) is 20.8. The largest absolute Gasteiger partial charge is 0.454 e. The van der Waals surface area contributed by atoms with Gasteiger partial charge in [-0.25, -0.2) is 4.98 Å². The summed E-state index contributed by atoms with van der Waals surface area (Å²) in [4.78, 5) is 13.6. The summed E-state index contributed by atoms with van der Waals surface area (Å²) in [5, 5.41) is 0. The van der Waals surface area contributed by atoms with Crippen LogP contribution in [-0.2, 0) is 19.7 Å². The van der Waals surface area contributed by atoms with Crippen LogP contribution in [0.5, 0.6) is 11.5 Å². The predicted octanol–water partition coefficient (Wildman–Crippen LogP) is 4.74. The Kier molecular flexibility index (Phi) is 5.19. The molecule has 7 rings (SSSR count). The number of benzene rings is 1. The molecule has 0 radical (unpaired) electrons. The molecule has 0 unspecified atom stereocenters. The van der Waals surface area contributed by atoms with Crippen LogP contribution in [0, 0.1) is 12.3 Å². The summed E-state index contributed by atoms with van der Waals surface area (Å²) in [6.07, 6.45) is 6.78. The Labute approximate surface area is 205 Å². The number of nitrogens with zero attached hydrogens (tertiary/aromatic N) is 2. The lowest BCUT2D eigenvalue weighted by Gasteiger charge is -2.52. The van der Waals surface area contributed by atoms with Gasteiger partial charge in [0.15, 0.2) is 11.5 Å². The van der Waals surface area contributed by atoms with Gasteiger partial charge < -0.3 is 14.5 Å². The van der Waals surface area contributed by atoms with E-state index in [9.17, 15) is 8.42 Å². The molecule has 3 saturated carbocycles. The summed E-state index contributed by atoms with van der Waals surface area (Å²) in [6, 6.07) is 11.9. The number of hydrogen-bond acceptors (Lipinski definition) is 7. The summed E-state index contributed by atoms with van der Waals surface area (Å²) in [7, 11) is -3.44. The molecule has 1 aromatic carbocycles. The number of pyridine rings is 1. The molecular weight excluding hydrogens is 466 g/mol. The molecule has 3 aromatic rings. The van der Waals surface area contributed by atoms with Crippen molar-refractivity contribution in [2.75, 3.05) is 19.7 Å². The van der Waals surface area contributed by atoms with Crippen molar-refractivity contribution >= 4 is 10.1 Å². The second-order valence-electron chi connectivity index (χ2n) is 10.3. The van der Waals surface area contributed by atoms with Crippen molar-refractivity contribution in [3.05, 3.63) is 47.9 Å². The molecule has 9 heteroatoms. The molecular formula is C26H29N3O5S. The number of H-pyrrole nitrogens is 1. The lowest BCUT2D eigenvalue weighted by atomic mass is 9.54. The van der Waals surface area contributed by atoms with Crippen LogP contribution in [0.15, 0.2) is 36.4 Å². The predicted molar refractivity (Wildman–Crippen MR) is 131 cm³/mol. The molecule has 0 amide bonds. The van der Waals surface area contributed by atoms with Crippen molar-refractivity contribution in [2.24, 2.45) is 5.41 Å². The van der Waals surface area contributed by atoms with Gasteiger partial charge in [0.2, 0.25) is 6.79 Å². The minimum absolute atomic E-state index is 0.0556. The number of nitrogens with one attached hydrogen (secondary N) is 1. The first-order chi connectivity index (χ1) is 16.7. The van der Waals surface area contributed by atoms with E-state index in [-0.39, 0.29) is 24.2 Å². The van der Waals surface area contributed by atoms with Crippen molar-refractivity contribution in [3.63, 3.8) is 0 Å². The van der Waals surface area contributed by atoms with Crippen molar-refractivity contribution in [1.82, 2.24) is 15.0 Å². The summed E-state index contributed by atoms with van der Waals surface area (Å²) >= 11 is 0. The maximum absolute atomic E-state index is 11.6. The summed E-state index contributed by atoms with van der Waals surface area (Å²) in [6.45, 7) is 2.49. The number of aromatic nitrogens is 3. The highest BCUT2D eigenvalue weighted by molar-refractivity contribution is 7.85. The van der Waals surface area contributed by atoms with E-state index in [0.29, 0.717) is 0 Å². The molecule has 184 valence electrons. The van der Waals surface area contributed by atoms with Crippen molar-refractivity contribution in [3.8, 4) is 34.1 Å². The van der Waals surface area contributed by atoms with Crippen molar-refractivity contribution in [1.29, 1.82) is 0 Å². The van der Waals surface area contributed by atoms with E-state index in [2.05, 4.69) is 4.98 Å². The highest BCUT2D eigenvalue weighted by Crippen LogP contribution is 2.58. The first kappa shape index (κ1) is 22.5. The zero-order valence-electron chi connectivity index (χ0n) is 20.0. The number of aryl methyl sites for hydroxylation is 1. The quantitative estimate of drug-likeness (QED) is 0.493. The molecule has 1 N–H and O–H groups in total. The standard InChI is InChI=1S/C26H29N3O5S/c1-17-4-3-5-19(27-17)23-22(18-6-7-20-21(14-18)33-16-32-20)28-24(29-23)26-11-8-25(9-12-26,10-13-26)15-34-35(2,30)31/h3-7,14H,8-13,15-16H2,1-2H3,(H,28,29). The smallest absolute Gasteiger partial charge is 0.264 e. The molecule has 8 nitrogen and oxygen atoms in total. The van der Waals surface area contributed by atoms with Gasteiger partial charge in [-0.15, -0.1) is 0 Å². The number of aromatic amines is 1. The summed E-state index contributed by atoms with van der Waals surface area (Å²) in [5.41, 5.74) is 4.40.